The van der Waals surface area contributed by atoms with Crippen LogP contribution >= 0.6 is 27.3 Å². The van der Waals surface area contributed by atoms with Crippen LogP contribution in [-0.2, 0) is 20.1 Å². The van der Waals surface area contributed by atoms with E-state index < -0.39 is 0 Å². The van der Waals surface area contributed by atoms with Crippen LogP contribution in [0.4, 0.5) is 0 Å². The highest BCUT2D eigenvalue weighted by Crippen LogP contribution is 2.19. The van der Waals surface area contributed by atoms with Crippen molar-refractivity contribution < 1.29 is 0 Å². The van der Waals surface area contributed by atoms with Crippen LogP contribution < -0.4 is 5.32 Å². The molecule has 0 aliphatic rings. The molecule has 0 unspecified atom stereocenters. The molecule has 2 rings (SSSR count). The first-order valence-electron chi connectivity index (χ1n) is 4.66. The third kappa shape index (κ3) is 3.15. The largest absolute Gasteiger partial charge is 0.306 e. The Bertz CT molecular complexity index is 395. The third-order valence-corrected chi connectivity index (χ3v) is 3.69. The van der Waals surface area contributed by atoms with Crippen molar-refractivity contribution in [3.05, 3.63) is 38.8 Å². The van der Waals surface area contributed by atoms with Crippen LogP contribution in [0.15, 0.2) is 28.2 Å². The molecule has 0 fully saturated rings. The van der Waals surface area contributed by atoms with Crippen LogP contribution in [0.5, 0.6) is 0 Å². The quantitative estimate of drug-likeness (QED) is 0.936. The van der Waals surface area contributed by atoms with E-state index in [1.807, 2.05) is 24.0 Å². The lowest BCUT2D eigenvalue weighted by atomic mass is 10.4. The van der Waals surface area contributed by atoms with E-state index in [0.717, 1.165) is 23.3 Å². The predicted octanol–water partition coefficient (Wildman–Crippen LogP) is 2.53. The number of thiophene rings is 1. The number of hydrogen-bond donors (Lipinski definition) is 1. The molecule has 0 aliphatic heterocycles. The van der Waals surface area contributed by atoms with E-state index in [4.69, 9.17) is 0 Å². The molecular formula is C10H12BrN3S. The summed E-state index contributed by atoms with van der Waals surface area (Å²) in [5.41, 5.74) is 1.08. The Kier molecular flexibility index (Phi) is 3.56. The lowest BCUT2D eigenvalue weighted by Gasteiger charge is -1.99. The highest BCUT2D eigenvalue weighted by molar-refractivity contribution is 9.10. The van der Waals surface area contributed by atoms with Crippen molar-refractivity contribution in [3.8, 4) is 0 Å². The van der Waals surface area contributed by atoms with Gasteiger partial charge in [0.25, 0.3) is 0 Å². The third-order valence-electron chi connectivity index (χ3n) is 2.00. The summed E-state index contributed by atoms with van der Waals surface area (Å²) < 4.78 is 2.97. The fraction of sp³-hybridized carbons (Fsp3) is 0.300. The Morgan fingerprint density at radius 1 is 1.53 bits per heavy atom. The average Bonchev–Trinajstić information content (AvgIpc) is 2.76. The van der Waals surface area contributed by atoms with E-state index in [0.29, 0.717) is 0 Å². The van der Waals surface area contributed by atoms with Gasteiger partial charge in [-0.25, -0.2) is 0 Å². The first kappa shape index (κ1) is 10.9. The molecule has 0 bridgehead atoms. The molecule has 1 N–H and O–H groups in total. The van der Waals surface area contributed by atoms with Gasteiger partial charge in [0.2, 0.25) is 0 Å². The maximum Gasteiger partial charge on any atom is 0.0762 e. The van der Waals surface area contributed by atoms with Gasteiger partial charge in [-0.2, -0.15) is 5.10 Å². The van der Waals surface area contributed by atoms with Crippen molar-refractivity contribution in [1.82, 2.24) is 15.1 Å². The SMILES string of the molecule is Cn1ccc(CNCc2cc(Br)cs2)n1. The number of nitrogens with one attached hydrogen (secondary N) is 1. The average molecular weight is 286 g/mol. The van der Waals surface area contributed by atoms with E-state index >= 15 is 0 Å². The Labute approximate surface area is 101 Å². The molecule has 0 radical (unpaired) electrons. The van der Waals surface area contributed by atoms with E-state index in [9.17, 15) is 0 Å². The summed E-state index contributed by atoms with van der Waals surface area (Å²) in [5.74, 6) is 0. The molecule has 5 heteroatoms. The molecule has 0 atom stereocenters. The Morgan fingerprint density at radius 3 is 3.00 bits per heavy atom. The van der Waals surface area contributed by atoms with Crippen LogP contribution in [0.2, 0.25) is 0 Å². The Morgan fingerprint density at radius 2 is 2.40 bits per heavy atom. The summed E-state index contributed by atoms with van der Waals surface area (Å²) in [4.78, 5) is 1.33. The Hall–Kier alpha value is -0.650. The van der Waals surface area contributed by atoms with Crippen molar-refractivity contribution in [3.63, 3.8) is 0 Å². The minimum absolute atomic E-state index is 0.816. The van der Waals surface area contributed by atoms with Gasteiger partial charge in [-0.3, -0.25) is 4.68 Å². The lowest BCUT2D eigenvalue weighted by molar-refractivity contribution is 0.661. The zero-order chi connectivity index (χ0) is 10.7. The number of hydrogen-bond acceptors (Lipinski definition) is 3. The van der Waals surface area contributed by atoms with Crippen LogP contribution in [0, 0.1) is 0 Å². The molecule has 3 nitrogen and oxygen atoms in total. The Balaban J connectivity index is 1.80. The molecule has 0 saturated carbocycles. The molecule has 0 amide bonds. The first-order chi connectivity index (χ1) is 7.24. The summed E-state index contributed by atoms with van der Waals surface area (Å²) in [6.07, 6.45) is 1.96. The normalized spacial score (nSPS) is 10.8. The first-order valence-corrected chi connectivity index (χ1v) is 6.33. The fourth-order valence-corrected chi connectivity index (χ4v) is 2.74. The summed E-state index contributed by atoms with van der Waals surface area (Å²) in [5, 5.41) is 9.75. The van der Waals surface area contributed by atoms with Gasteiger partial charge < -0.3 is 5.32 Å². The summed E-state index contributed by atoms with van der Waals surface area (Å²) in [6, 6.07) is 4.16. The van der Waals surface area contributed by atoms with Crippen LogP contribution in [0.1, 0.15) is 10.6 Å². The van der Waals surface area contributed by atoms with Gasteiger partial charge in [0.15, 0.2) is 0 Å². The van der Waals surface area contributed by atoms with E-state index in [1.54, 1.807) is 11.3 Å². The molecule has 2 aromatic rings. The van der Waals surface area contributed by atoms with Gasteiger partial charge in [0.05, 0.1) is 5.69 Å². The predicted molar refractivity (Wildman–Crippen MR) is 65.8 cm³/mol. The summed E-state index contributed by atoms with van der Waals surface area (Å²) in [7, 11) is 1.93. The van der Waals surface area contributed by atoms with Crippen molar-refractivity contribution in [2.45, 2.75) is 13.1 Å². The maximum atomic E-state index is 4.30. The second kappa shape index (κ2) is 4.92. The second-order valence-corrected chi connectivity index (χ2v) is 5.23. The zero-order valence-electron chi connectivity index (χ0n) is 8.40. The molecule has 0 aromatic carbocycles. The van der Waals surface area contributed by atoms with Crippen molar-refractivity contribution >= 4 is 27.3 Å². The van der Waals surface area contributed by atoms with Gasteiger partial charge in [0.1, 0.15) is 0 Å². The number of rotatable bonds is 4. The van der Waals surface area contributed by atoms with Gasteiger partial charge in [-0.1, -0.05) is 0 Å². The highest BCUT2D eigenvalue weighted by atomic mass is 79.9. The van der Waals surface area contributed by atoms with Crippen molar-refractivity contribution in [2.75, 3.05) is 0 Å². The second-order valence-electron chi connectivity index (χ2n) is 3.32. The maximum absolute atomic E-state index is 4.30. The van der Waals surface area contributed by atoms with Crippen LogP contribution in [0.3, 0.4) is 0 Å². The van der Waals surface area contributed by atoms with Crippen molar-refractivity contribution in [1.29, 1.82) is 0 Å². The van der Waals surface area contributed by atoms with Gasteiger partial charge in [-0.15, -0.1) is 11.3 Å². The fourth-order valence-electron chi connectivity index (χ4n) is 1.32. The standard InChI is InChI=1S/C10H12BrN3S/c1-14-3-2-9(13-14)5-12-6-10-4-8(11)7-15-10/h2-4,7,12H,5-6H2,1H3. The van der Waals surface area contributed by atoms with E-state index in [-0.39, 0.29) is 0 Å². The molecule has 0 saturated heterocycles. The molecule has 2 heterocycles. The monoisotopic (exact) mass is 285 g/mol. The summed E-state index contributed by atoms with van der Waals surface area (Å²) in [6.45, 7) is 1.71. The lowest BCUT2D eigenvalue weighted by Crippen LogP contribution is -2.12. The minimum atomic E-state index is 0.816. The molecule has 15 heavy (non-hydrogen) atoms. The number of aryl methyl sites for hydroxylation is 1. The molecule has 2 aromatic heterocycles. The van der Waals surface area contributed by atoms with Gasteiger partial charge in [0, 0.05) is 41.1 Å². The highest BCUT2D eigenvalue weighted by Gasteiger charge is 1.99. The topological polar surface area (TPSA) is 29.9 Å². The molecular weight excluding hydrogens is 274 g/mol. The van der Waals surface area contributed by atoms with Crippen molar-refractivity contribution in [2.24, 2.45) is 7.05 Å². The smallest absolute Gasteiger partial charge is 0.0762 e. The summed E-state index contributed by atoms with van der Waals surface area (Å²) >= 11 is 5.19. The van der Waals surface area contributed by atoms with Gasteiger partial charge >= 0.3 is 0 Å². The van der Waals surface area contributed by atoms with Crippen LogP contribution in [0.25, 0.3) is 0 Å². The zero-order valence-corrected chi connectivity index (χ0v) is 10.8. The van der Waals surface area contributed by atoms with Gasteiger partial charge in [-0.05, 0) is 28.1 Å². The number of halogens is 1. The molecule has 80 valence electrons. The van der Waals surface area contributed by atoms with E-state index in [2.05, 4.69) is 37.8 Å². The molecule has 0 spiro atoms. The molecule has 0 aliphatic carbocycles. The minimum Gasteiger partial charge on any atom is -0.306 e. The van der Waals surface area contributed by atoms with E-state index in [1.165, 1.54) is 4.88 Å². The number of nitrogens with zero attached hydrogens (tertiary/aromatic N) is 2. The van der Waals surface area contributed by atoms with Crippen LogP contribution in [-0.4, -0.2) is 9.78 Å². The number of aromatic nitrogens is 2.